The number of rotatable bonds is 4. The summed E-state index contributed by atoms with van der Waals surface area (Å²) in [5.41, 5.74) is 7.07. The Labute approximate surface area is 115 Å². The van der Waals surface area contributed by atoms with E-state index in [0.29, 0.717) is 5.69 Å². The average molecular weight is 276 g/mol. The Balaban J connectivity index is 1.94. The molecule has 0 aliphatic carbocycles. The Morgan fingerprint density at radius 1 is 1.15 bits per heavy atom. The predicted molar refractivity (Wildman–Crippen MR) is 72.8 cm³/mol. The van der Waals surface area contributed by atoms with Crippen molar-refractivity contribution in [3.63, 3.8) is 0 Å². The molecule has 2 aromatic rings. The van der Waals surface area contributed by atoms with Crippen LogP contribution < -0.4 is 11.1 Å². The first kappa shape index (κ1) is 14.0. The minimum absolute atomic E-state index is 0.0509. The lowest BCUT2D eigenvalue weighted by atomic mass is 10.1. The molecular weight excluding hydrogens is 262 g/mol. The van der Waals surface area contributed by atoms with Crippen LogP contribution in [-0.4, -0.2) is 5.91 Å². The third-order valence-corrected chi connectivity index (χ3v) is 2.80. The van der Waals surface area contributed by atoms with Crippen LogP contribution in [0.15, 0.2) is 42.5 Å². The van der Waals surface area contributed by atoms with Gasteiger partial charge in [0.25, 0.3) is 0 Å². The van der Waals surface area contributed by atoms with Gasteiger partial charge < -0.3 is 11.1 Å². The van der Waals surface area contributed by atoms with E-state index in [2.05, 4.69) is 5.32 Å². The highest BCUT2D eigenvalue weighted by atomic mass is 19.1. The fourth-order valence-electron chi connectivity index (χ4n) is 1.82. The van der Waals surface area contributed by atoms with E-state index in [4.69, 9.17) is 5.73 Å². The van der Waals surface area contributed by atoms with Crippen molar-refractivity contribution in [2.24, 2.45) is 0 Å². The number of amides is 1. The molecule has 0 aromatic heterocycles. The second-order valence-corrected chi connectivity index (χ2v) is 4.43. The topological polar surface area (TPSA) is 55.1 Å². The van der Waals surface area contributed by atoms with Crippen LogP contribution in [0.1, 0.15) is 11.1 Å². The molecule has 5 heteroatoms. The highest BCUT2D eigenvalue weighted by molar-refractivity contribution is 5.78. The Bertz CT molecular complexity index is 629. The van der Waals surface area contributed by atoms with Gasteiger partial charge in [0.2, 0.25) is 5.91 Å². The molecule has 0 saturated heterocycles. The van der Waals surface area contributed by atoms with Crippen molar-refractivity contribution < 1.29 is 13.6 Å². The molecule has 1 amide bonds. The summed E-state index contributed by atoms with van der Waals surface area (Å²) in [7, 11) is 0. The molecule has 0 aliphatic heterocycles. The highest BCUT2D eigenvalue weighted by Crippen LogP contribution is 2.10. The molecule has 0 radical (unpaired) electrons. The number of carbonyl (C=O) groups excluding carboxylic acids is 1. The summed E-state index contributed by atoms with van der Waals surface area (Å²) in [4.78, 5) is 11.7. The monoisotopic (exact) mass is 276 g/mol. The van der Waals surface area contributed by atoms with Crippen LogP contribution in [0.3, 0.4) is 0 Å². The van der Waals surface area contributed by atoms with Crippen LogP contribution in [0.5, 0.6) is 0 Å². The van der Waals surface area contributed by atoms with Crippen LogP contribution in [0.4, 0.5) is 14.5 Å². The van der Waals surface area contributed by atoms with Gasteiger partial charge in [-0.2, -0.15) is 0 Å². The minimum atomic E-state index is -0.546. The van der Waals surface area contributed by atoms with Gasteiger partial charge in [-0.05, 0) is 35.9 Å². The Morgan fingerprint density at radius 3 is 2.70 bits per heavy atom. The first-order valence-corrected chi connectivity index (χ1v) is 6.09. The molecule has 0 aliphatic rings. The fourth-order valence-corrected chi connectivity index (χ4v) is 1.82. The van der Waals surface area contributed by atoms with Crippen molar-refractivity contribution in [3.8, 4) is 0 Å². The van der Waals surface area contributed by atoms with Crippen LogP contribution in [0.2, 0.25) is 0 Å². The average Bonchev–Trinajstić information content (AvgIpc) is 2.40. The maximum absolute atomic E-state index is 13.4. The second kappa shape index (κ2) is 6.14. The summed E-state index contributed by atoms with van der Waals surface area (Å²) in [6.45, 7) is -0.0509. The smallest absolute Gasteiger partial charge is 0.224 e. The van der Waals surface area contributed by atoms with E-state index in [9.17, 15) is 13.6 Å². The number of hydrogen-bond donors (Lipinski definition) is 2. The van der Waals surface area contributed by atoms with Gasteiger partial charge in [0.15, 0.2) is 0 Å². The summed E-state index contributed by atoms with van der Waals surface area (Å²) < 4.78 is 26.3. The summed E-state index contributed by atoms with van der Waals surface area (Å²) in [5, 5.41) is 2.55. The SMILES string of the molecule is Nc1cccc(CC(=O)NCc2cc(F)ccc2F)c1. The van der Waals surface area contributed by atoms with E-state index in [0.717, 1.165) is 23.8 Å². The lowest BCUT2D eigenvalue weighted by Crippen LogP contribution is -2.25. The molecule has 0 unspecified atom stereocenters. The zero-order valence-corrected chi connectivity index (χ0v) is 10.7. The third kappa shape index (κ3) is 3.78. The fraction of sp³-hybridized carbons (Fsp3) is 0.133. The maximum atomic E-state index is 13.4. The van der Waals surface area contributed by atoms with Crippen molar-refractivity contribution in [1.82, 2.24) is 5.32 Å². The normalized spacial score (nSPS) is 10.3. The highest BCUT2D eigenvalue weighted by Gasteiger charge is 2.07. The number of carbonyl (C=O) groups is 1. The number of anilines is 1. The number of halogens is 2. The Morgan fingerprint density at radius 2 is 1.95 bits per heavy atom. The van der Waals surface area contributed by atoms with E-state index in [1.54, 1.807) is 24.3 Å². The van der Waals surface area contributed by atoms with Crippen molar-refractivity contribution >= 4 is 11.6 Å². The Kier molecular flexibility index (Phi) is 4.30. The van der Waals surface area contributed by atoms with E-state index in [-0.39, 0.29) is 24.4 Å². The number of nitrogens with one attached hydrogen (secondary N) is 1. The molecule has 0 heterocycles. The largest absolute Gasteiger partial charge is 0.399 e. The summed E-state index contributed by atoms with van der Waals surface area (Å²) >= 11 is 0. The van der Waals surface area contributed by atoms with E-state index in [1.165, 1.54) is 0 Å². The van der Waals surface area contributed by atoms with Crippen LogP contribution >= 0.6 is 0 Å². The van der Waals surface area contributed by atoms with Gasteiger partial charge in [-0.3, -0.25) is 4.79 Å². The van der Waals surface area contributed by atoms with Crippen LogP contribution in [0, 0.1) is 11.6 Å². The molecule has 0 saturated carbocycles. The molecule has 3 nitrogen and oxygen atoms in total. The number of nitrogen functional groups attached to an aromatic ring is 1. The zero-order chi connectivity index (χ0) is 14.5. The quantitative estimate of drug-likeness (QED) is 0.843. The van der Waals surface area contributed by atoms with Gasteiger partial charge in [0.1, 0.15) is 11.6 Å². The van der Waals surface area contributed by atoms with Crippen molar-refractivity contribution in [2.75, 3.05) is 5.73 Å². The Hall–Kier alpha value is -2.43. The number of benzene rings is 2. The maximum Gasteiger partial charge on any atom is 0.224 e. The van der Waals surface area contributed by atoms with E-state index < -0.39 is 11.6 Å². The molecule has 0 bridgehead atoms. The first-order chi connectivity index (χ1) is 9.54. The molecule has 3 N–H and O–H groups in total. The van der Waals surface area contributed by atoms with Crippen molar-refractivity contribution in [1.29, 1.82) is 0 Å². The summed E-state index contributed by atoms with van der Waals surface area (Å²) in [6.07, 6.45) is 0.141. The van der Waals surface area contributed by atoms with Gasteiger partial charge in [-0.15, -0.1) is 0 Å². The first-order valence-electron chi connectivity index (χ1n) is 6.09. The standard InChI is InChI=1S/C15H14F2N2O/c16-12-4-5-14(17)11(8-12)9-19-15(20)7-10-2-1-3-13(18)6-10/h1-6,8H,7,9,18H2,(H,19,20). The van der Waals surface area contributed by atoms with Crippen LogP contribution in [0.25, 0.3) is 0 Å². The van der Waals surface area contributed by atoms with Gasteiger partial charge in [-0.25, -0.2) is 8.78 Å². The van der Waals surface area contributed by atoms with Gasteiger partial charge >= 0.3 is 0 Å². The third-order valence-electron chi connectivity index (χ3n) is 2.80. The van der Waals surface area contributed by atoms with Gasteiger partial charge in [0.05, 0.1) is 6.42 Å². The van der Waals surface area contributed by atoms with Gasteiger partial charge in [0, 0.05) is 17.8 Å². The van der Waals surface area contributed by atoms with E-state index >= 15 is 0 Å². The molecule has 0 atom stereocenters. The molecule has 0 fully saturated rings. The molecule has 20 heavy (non-hydrogen) atoms. The lowest BCUT2D eigenvalue weighted by molar-refractivity contribution is -0.120. The van der Waals surface area contributed by atoms with Crippen molar-refractivity contribution in [3.05, 3.63) is 65.2 Å². The second-order valence-electron chi connectivity index (χ2n) is 4.43. The molecule has 2 rings (SSSR count). The molecule has 104 valence electrons. The molecule has 0 spiro atoms. The minimum Gasteiger partial charge on any atom is -0.399 e. The van der Waals surface area contributed by atoms with Crippen LogP contribution in [-0.2, 0) is 17.8 Å². The number of hydrogen-bond acceptors (Lipinski definition) is 2. The zero-order valence-electron chi connectivity index (χ0n) is 10.7. The van der Waals surface area contributed by atoms with E-state index in [1.807, 2.05) is 0 Å². The molecule has 2 aromatic carbocycles. The number of nitrogens with two attached hydrogens (primary N) is 1. The lowest BCUT2D eigenvalue weighted by Gasteiger charge is -2.07. The molecular formula is C15H14F2N2O. The summed E-state index contributed by atoms with van der Waals surface area (Å²) in [6, 6.07) is 10.1. The summed E-state index contributed by atoms with van der Waals surface area (Å²) in [5.74, 6) is -1.36. The predicted octanol–water partition coefficient (Wildman–Crippen LogP) is 2.41. The van der Waals surface area contributed by atoms with Gasteiger partial charge in [-0.1, -0.05) is 12.1 Å². The van der Waals surface area contributed by atoms with Crippen molar-refractivity contribution in [2.45, 2.75) is 13.0 Å².